The summed E-state index contributed by atoms with van der Waals surface area (Å²) in [4.78, 5) is 12.7. The van der Waals surface area contributed by atoms with Crippen molar-refractivity contribution in [3.63, 3.8) is 0 Å². The maximum absolute atomic E-state index is 12.7. The van der Waals surface area contributed by atoms with Gasteiger partial charge in [0.25, 0.3) is 5.91 Å². The number of hydrogen-bond acceptors (Lipinski definition) is 3. The number of nitrogens with one attached hydrogen (secondary N) is 2. The molecule has 3 aromatic rings. The van der Waals surface area contributed by atoms with E-state index in [0.29, 0.717) is 5.69 Å². The molecule has 2 N–H and O–H groups in total. The second-order valence-electron chi connectivity index (χ2n) is 6.79. The first-order valence-electron chi connectivity index (χ1n) is 9.44. The molecule has 0 radical (unpaired) electrons. The molecule has 0 heterocycles. The zero-order chi connectivity index (χ0) is 20.6. The van der Waals surface area contributed by atoms with Crippen LogP contribution in [0.5, 0.6) is 0 Å². The highest BCUT2D eigenvalue weighted by molar-refractivity contribution is 6.06. The van der Waals surface area contributed by atoms with Crippen LogP contribution in [-0.4, -0.2) is 5.91 Å². The lowest BCUT2D eigenvalue weighted by Gasteiger charge is -2.19. The predicted molar refractivity (Wildman–Crippen MR) is 116 cm³/mol. The predicted octanol–water partition coefficient (Wildman–Crippen LogP) is 5.03. The molecule has 0 fully saturated rings. The molecule has 1 amide bonds. The SMILES string of the molecule is Cc1cccc(NC(=O)/C(C#N)=C\NC(c2ccccc2)c2ccccc2)c1C. The lowest BCUT2D eigenvalue weighted by molar-refractivity contribution is -0.112. The van der Waals surface area contributed by atoms with Gasteiger partial charge < -0.3 is 10.6 Å². The number of anilines is 1. The Hall–Kier alpha value is -3.84. The van der Waals surface area contributed by atoms with Gasteiger partial charge in [-0.3, -0.25) is 4.79 Å². The first-order chi connectivity index (χ1) is 14.1. The molecule has 4 heteroatoms. The summed E-state index contributed by atoms with van der Waals surface area (Å²) >= 11 is 0. The Morgan fingerprint density at radius 1 is 0.897 bits per heavy atom. The Labute approximate surface area is 171 Å². The Morgan fingerprint density at radius 2 is 1.48 bits per heavy atom. The normalized spacial score (nSPS) is 11.0. The van der Waals surface area contributed by atoms with Crippen molar-refractivity contribution in [1.29, 1.82) is 5.26 Å². The lowest BCUT2D eigenvalue weighted by Crippen LogP contribution is -2.21. The highest BCUT2D eigenvalue weighted by atomic mass is 16.1. The Bertz CT molecular complexity index is 1010. The standard InChI is InChI=1S/C25H23N3O/c1-18-10-9-15-23(19(18)2)28-25(29)22(16-26)17-27-24(20-11-5-3-6-12-20)21-13-7-4-8-14-21/h3-15,17,24,27H,1-2H3,(H,28,29)/b22-17-. The van der Waals surface area contributed by atoms with Crippen LogP contribution in [0.25, 0.3) is 0 Å². The third kappa shape index (κ3) is 4.91. The number of amides is 1. The largest absolute Gasteiger partial charge is 0.379 e. The number of nitriles is 1. The van der Waals surface area contributed by atoms with Gasteiger partial charge in [-0.15, -0.1) is 0 Å². The molecule has 4 nitrogen and oxygen atoms in total. The van der Waals surface area contributed by atoms with Crippen LogP contribution in [0.3, 0.4) is 0 Å². The molecule has 3 rings (SSSR count). The molecule has 0 aliphatic rings. The number of aryl methyl sites for hydroxylation is 1. The summed E-state index contributed by atoms with van der Waals surface area (Å²) in [7, 11) is 0. The van der Waals surface area contributed by atoms with Gasteiger partial charge in [-0.05, 0) is 42.2 Å². The van der Waals surface area contributed by atoms with Crippen LogP contribution in [0.1, 0.15) is 28.3 Å². The lowest BCUT2D eigenvalue weighted by atomic mass is 9.99. The van der Waals surface area contributed by atoms with E-state index in [2.05, 4.69) is 10.6 Å². The van der Waals surface area contributed by atoms with Gasteiger partial charge in [0, 0.05) is 11.9 Å². The first-order valence-corrected chi connectivity index (χ1v) is 9.44. The van der Waals surface area contributed by atoms with Crippen LogP contribution in [0.4, 0.5) is 5.69 Å². The topological polar surface area (TPSA) is 64.9 Å². The minimum absolute atomic E-state index is 0.0165. The monoisotopic (exact) mass is 381 g/mol. The van der Waals surface area contributed by atoms with E-state index in [4.69, 9.17) is 0 Å². The number of benzene rings is 3. The van der Waals surface area contributed by atoms with Crippen molar-refractivity contribution < 1.29 is 4.79 Å². The summed E-state index contributed by atoms with van der Waals surface area (Å²) in [6.45, 7) is 3.93. The molecule has 3 aromatic carbocycles. The quantitative estimate of drug-likeness (QED) is 0.465. The smallest absolute Gasteiger partial charge is 0.267 e. The zero-order valence-electron chi connectivity index (χ0n) is 16.5. The number of hydrogen-bond donors (Lipinski definition) is 2. The maximum Gasteiger partial charge on any atom is 0.267 e. The zero-order valence-corrected chi connectivity index (χ0v) is 16.5. The van der Waals surface area contributed by atoms with Crippen LogP contribution >= 0.6 is 0 Å². The van der Waals surface area contributed by atoms with Crippen LogP contribution in [0.15, 0.2) is 90.6 Å². The highest BCUT2D eigenvalue weighted by Crippen LogP contribution is 2.22. The molecule has 0 unspecified atom stereocenters. The average molecular weight is 381 g/mol. The molecular formula is C25H23N3O. The molecule has 0 aliphatic carbocycles. The molecular weight excluding hydrogens is 358 g/mol. The fourth-order valence-corrected chi connectivity index (χ4v) is 3.07. The van der Waals surface area contributed by atoms with Gasteiger partial charge in [0.1, 0.15) is 11.6 Å². The number of carbonyl (C=O) groups is 1. The number of rotatable bonds is 6. The van der Waals surface area contributed by atoms with Crippen molar-refractivity contribution in [3.8, 4) is 6.07 Å². The first kappa shape index (κ1) is 19.9. The summed E-state index contributed by atoms with van der Waals surface area (Å²) in [6.07, 6.45) is 1.49. The molecule has 0 saturated heterocycles. The molecule has 29 heavy (non-hydrogen) atoms. The highest BCUT2D eigenvalue weighted by Gasteiger charge is 2.15. The van der Waals surface area contributed by atoms with Crippen molar-refractivity contribution in [2.45, 2.75) is 19.9 Å². The van der Waals surface area contributed by atoms with E-state index in [1.807, 2.05) is 98.8 Å². The molecule has 0 spiro atoms. The van der Waals surface area contributed by atoms with Gasteiger partial charge in [-0.2, -0.15) is 5.26 Å². The van der Waals surface area contributed by atoms with Crippen LogP contribution in [-0.2, 0) is 4.79 Å². The van der Waals surface area contributed by atoms with Gasteiger partial charge in [0.05, 0.1) is 6.04 Å². The van der Waals surface area contributed by atoms with Crippen LogP contribution in [0.2, 0.25) is 0 Å². The maximum atomic E-state index is 12.7. The van der Waals surface area contributed by atoms with E-state index in [-0.39, 0.29) is 11.6 Å². The van der Waals surface area contributed by atoms with Crippen molar-refractivity contribution >= 4 is 11.6 Å². The Kier molecular flexibility index (Phi) is 6.44. The molecule has 0 aromatic heterocycles. The summed E-state index contributed by atoms with van der Waals surface area (Å²) in [5.41, 5.74) is 4.88. The van der Waals surface area contributed by atoms with Gasteiger partial charge in [-0.1, -0.05) is 72.8 Å². The van der Waals surface area contributed by atoms with E-state index in [1.54, 1.807) is 0 Å². The van der Waals surface area contributed by atoms with Crippen LogP contribution < -0.4 is 10.6 Å². The minimum atomic E-state index is -0.437. The summed E-state index contributed by atoms with van der Waals surface area (Å²) in [5, 5.41) is 15.6. The number of carbonyl (C=O) groups excluding carboxylic acids is 1. The Morgan fingerprint density at radius 3 is 2.03 bits per heavy atom. The van der Waals surface area contributed by atoms with Gasteiger partial charge in [0.2, 0.25) is 0 Å². The van der Waals surface area contributed by atoms with Crippen molar-refractivity contribution in [3.05, 3.63) is 113 Å². The molecule has 144 valence electrons. The average Bonchev–Trinajstić information content (AvgIpc) is 2.76. The van der Waals surface area contributed by atoms with E-state index in [9.17, 15) is 10.1 Å². The van der Waals surface area contributed by atoms with Crippen molar-refractivity contribution in [2.75, 3.05) is 5.32 Å². The van der Waals surface area contributed by atoms with Crippen LogP contribution in [0, 0.1) is 25.2 Å². The second-order valence-corrected chi connectivity index (χ2v) is 6.79. The van der Waals surface area contributed by atoms with Crippen molar-refractivity contribution in [2.24, 2.45) is 0 Å². The van der Waals surface area contributed by atoms with Gasteiger partial charge in [-0.25, -0.2) is 0 Å². The van der Waals surface area contributed by atoms with Gasteiger partial charge >= 0.3 is 0 Å². The summed E-state index contributed by atoms with van der Waals surface area (Å²) in [6, 6.07) is 27.4. The second kappa shape index (κ2) is 9.38. The van der Waals surface area contributed by atoms with Gasteiger partial charge in [0.15, 0.2) is 0 Å². The third-order valence-corrected chi connectivity index (χ3v) is 4.88. The van der Waals surface area contributed by atoms with E-state index in [1.165, 1.54) is 6.20 Å². The van der Waals surface area contributed by atoms with E-state index in [0.717, 1.165) is 22.3 Å². The number of nitrogens with zero attached hydrogens (tertiary/aromatic N) is 1. The Balaban J connectivity index is 1.84. The molecule has 0 atom stereocenters. The van der Waals surface area contributed by atoms with E-state index >= 15 is 0 Å². The molecule has 0 bridgehead atoms. The fourth-order valence-electron chi connectivity index (χ4n) is 3.07. The minimum Gasteiger partial charge on any atom is -0.379 e. The van der Waals surface area contributed by atoms with Crippen molar-refractivity contribution in [1.82, 2.24) is 5.32 Å². The molecule has 0 saturated carbocycles. The summed E-state index contributed by atoms with van der Waals surface area (Å²) in [5.74, 6) is -0.437. The van der Waals surface area contributed by atoms with E-state index < -0.39 is 5.91 Å². The molecule has 0 aliphatic heterocycles. The third-order valence-electron chi connectivity index (χ3n) is 4.88. The summed E-state index contributed by atoms with van der Waals surface area (Å²) < 4.78 is 0. The fraction of sp³-hybridized carbons (Fsp3) is 0.120.